The Balaban J connectivity index is 0.00000289. The van der Waals surface area contributed by atoms with Crippen molar-refractivity contribution in [1.82, 2.24) is 9.97 Å². The van der Waals surface area contributed by atoms with Crippen molar-refractivity contribution in [2.45, 2.75) is 4.90 Å². The van der Waals surface area contributed by atoms with Gasteiger partial charge in [-0.1, -0.05) is 30.3 Å². The van der Waals surface area contributed by atoms with Crippen molar-refractivity contribution in [2.75, 3.05) is 14.2 Å². The molecule has 1 heterocycles. The molecule has 0 amide bonds. The zero-order valence-electron chi connectivity index (χ0n) is 18.6. The van der Waals surface area contributed by atoms with Crippen LogP contribution in [0.5, 0.6) is 17.2 Å². The number of hydrogen-bond donors (Lipinski definition) is 3. The quantitative estimate of drug-likeness (QED) is 0.268. The summed E-state index contributed by atoms with van der Waals surface area (Å²) in [7, 11) is -1.38. The molecule has 0 aliphatic carbocycles. The first-order chi connectivity index (χ1) is 16.3. The molecule has 0 spiro atoms. The number of methoxy groups -OCH3 is 2. The second kappa shape index (κ2) is 9.10. The van der Waals surface area contributed by atoms with Crippen molar-refractivity contribution in [3.8, 4) is 39.8 Å². The lowest BCUT2D eigenvalue weighted by Crippen LogP contribution is -1.99. The molecule has 0 saturated carbocycles. The van der Waals surface area contributed by atoms with Gasteiger partial charge in [0, 0.05) is 5.39 Å². The van der Waals surface area contributed by atoms with E-state index in [1.165, 1.54) is 24.3 Å². The highest BCUT2D eigenvalue weighted by molar-refractivity contribution is 7.86. The van der Waals surface area contributed by atoms with Gasteiger partial charge in [-0.15, -0.1) is 12.4 Å². The minimum absolute atomic E-state index is 0. The van der Waals surface area contributed by atoms with Crippen LogP contribution in [0.2, 0.25) is 0 Å². The fourth-order valence-electron chi connectivity index (χ4n) is 4.09. The zero-order chi connectivity index (χ0) is 24.0. The summed E-state index contributed by atoms with van der Waals surface area (Å²) in [5.41, 5.74) is 3.21. The van der Waals surface area contributed by atoms with E-state index in [2.05, 4.69) is 9.97 Å². The fourth-order valence-corrected chi connectivity index (χ4v) is 4.81. The topological polar surface area (TPSA) is 122 Å². The highest BCUT2D eigenvalue weighted by atomic mass is 35.5. The molecule has 0 aliphatic rings. The van der Waals surface area contributed by atoms with Gasteiger partial charge < -0.3 is 19.6 Å². The number of phenols is 1. The maximum absolute atomic E-state index is 12.0. The van der Waals surface area contributed by atoms with Crippen LogP contribution in [-0.2, 0) is 10.1 Å². The lowest BCUT2D eigenvalue weighted by atomic mass is 10.0. The minimum atomic E-state index is -4.54. The first kappa shape index (κ1) is 24.3. The van der Waals surface area contributed by atoms with Gasteiger partial charge in [-0.05, 0) is 47.5 Å². The molecule has 0 bridgehead atoms. The molecule has 0 unspecified atom stereocenters. The van der Waals surface area contributed by atoms with Crippen LogP contribution in [0.15, 0.2) is 71.6 Å². The molecule has 180 valence electrons. The first-order valence-corrected chi connectivity index (χ1v) is 11.7. The molecule has 0 radical (unpaired) electrons. The van der Waals surface area contributed by atoms with Gasteiger partial charge in [0.25, 0.3) is 10.1 Å². The Morgan fingerprint density at radius 1 is 0.914 bits per heavy atom. The van der Waals surface area contributed by atoms with E-state index in [0.717, 1.165) is 16.9 Å². The average molecular weight is 513 g/mol. The molecule has 10 heteroatoms. The molecule has 0 fully saturated rings. The van der Waals surface area contributed by atoms with Crippen LogP contribution in [0, 0.1) is 0 Å². The van der Waals surface area contributed by atoms with Gasteiger partial charge in [-0.3, -0.25) is 4.55 Å². The summed E-state index contributed by atoms with van der Waals surface area (Å²) in [5.74, 6) is 1.55. The number of halogens is 1. The molecule has 0 saturated heterocycles. The van der Waals surface area contributed by atoms with Crippen LogP contribution in [0.4, 0.5) is 0 Å². The third-order valence-corrected chi connectivity index (χ3v) is 6.58. The molecule has 35 heavy (non-hydrogen) atoms. The van der Waals surface area contributed by atoms with Crippen LogP contribution in [0.1, 0.15) is 0 Å². The summed E-state index contributed by atoms with van der Waals surface area (Å²) in [4.78, 5) is 7.42. The van der Waals surface area contributed by atoms with Crippen LogP contribution in [0.3, 0.4) is 0 Å². The molecule has 0 aliphatic heterocycles. The Hall–Kier alpha value is -3.79. The summed E-state index contributed by atoms with van der Waals surface area (Å²) < 4.78 is 44.7. The molecule has 5 rings (SSSR count). The van der Waals surface area contributed by atoms with Gasteiger partial charge in [0.15, 0.2) is 0 Å². The Morgan fingerprint density at radius 2 is 1.66 bits per heavy atom. The number of benzene rings is 4. The van der Waals surface area contributed by atoms with Crippen LogP contribution in [-0.4, -0.2) is 42.3 Å². The third kappa shape index (κ3) is 4.25. The summed E-state index contributed by atoms with van der Waals surface area (Å²) in [6.07, 6.45) is 0. The summed E-state index contributed by atoms with van der Waals surface area (Å²) >= 11 is 0. The second-order valence-electron chi connectivity index (χ2n) is 7.68. The van der Waals surface area contributed by atoms with E-state index >= 15 is 0 Å². The predicted molar refractivity (Wildman–Crippen MR) is 136 cm³/mol. The lowest BCUT2D eigenvalue weighted by Gasteiger charge is -2.10. The predicted octanol–water partition coefficient (Wildman–Crippen LogP) is 5.44. The SMILES string of the molecule is COc1cccc(-c2ccc(-c3nc4c(cc(S(=O)(=O)O)c5cccc(O)c54)[nH]3)c(OC)c2)c1.Cl. The number of aromatic amines is 1. The Bertz CT molecular complexity index is 1680. The van der Waals surface area contributed by atoms with Crippen molar-refractivity contribution in [2.24, 2.45) is 0 Å². The summed E-state index contributed by atoms with van der Waals surface area (Å²) in [5, 5.41) is 10.9. The van der Waals surface area contributed by atoms with E-state index in [0.29, 0.717) is 28.2 Å². The van der Waals surface area contributed by atoms with Gasteiger partial charge in [0.2, 0.25) is 0 Å². The van der Waals surface area contributed by atoms with Crippen LogP contribution < -0.4 is 9.47 Å². The summed E-state index contributed by atoms with van der Waals surface area (Å²) in [6, 6.07) is 19.0. The van der Waals surface area contributed by atoms with Crippen molar-refractivity contribution < 1.29 is 27.6 Å². The minimum Gasteiger partial charge on any atom is -0.507 e. The van der Waals surface area contributed by atoms with Crippen molar-refractivity contribution in [1.29, 1.82) is 0 Å². The zero-order valence-corrected chi connectivity index (χ0v) is 20.3. The molecular weight excluding hydrogens is 492 g/mol. The number of imidazole rings is 1. The lowest BCUT2D eigenvalue weighted by molar-refractivity contribution is 0.414. The molecule has 5 aromatic rings. The number of nitrogens with zero attached hydrogens (tertiary/aromatic N) is 1. The van der Waals surface area contributed by atoms with Crippen molar-refractivity contribution >= 4 is 44.3 Å². The normalized spacial score (nSPS) is 11.4. The number of aromatic nitrogens is 2. The van der Waals surface area contributed by atoms with E-state index in [1.807, 2.05) is 42.5 Å². The van der Waals surface area contributed by atoms with Gasteiger partial charge in [-0.2, -0.15) is 8.42 Å². The highest BCUT2D eigenvalue weighted by Crippen LogP contribution is 2.39. The van der Waals surface area contributed by atoms with Crippen LogP contribution in [0.25, 0.3) is 44.3 Å². The van der Waals surface area contributed by atoms with Gasteiger partial charge in [0.05, 0.1) is 30.7 Å². The van der Waals surface area contributed by atoms with E-state index in [1.54, 1.807) is 14.2 Å². The van der Waals surface area contributed by atoms with E-state index in [4.69, 9.17) is 9.47 Å². The Kier molecular flexibility index (Phi) is 6.33. The number of rotatable bonds is 5. The number of H-pyrrole nitrogens is 1. The third-order valence-electron chi connectivity index (χ3n) is 5.69. The molecule has 4 aromatic carbocycles. The van der Waals surface area contributed by atoms with Gasteiger partial charge >= 0.3 is 0 Å². The molecule has 0 atom stereocenters. The molecular formula is C25H21ClN2O6S. The number of hydrogen-bond acceptors (Lipinski definition) is 6. The highest BCUT2D eigenvalue weighted by Gasteiger charge is 2.21. The van der Waals surface area contributed by atoms with Crippen LogP contribution >= 0.6 is 12.4 Å². The number of fused-ring (bicyclic) bond motifs is 3. The Morgan fingerprint density at radius 3 is 2.37 bits per heavy atom. The number of ether oxygens (including phenoxy) is 2. The standard InChI is InChI=1S/C25H20N2O6S.ClH/c1-32-16-6-3-5-14(11-16)15-9-10-17(21(12-15)33-2)25-26-19-13-22(34(29,30)31)18-7-4-8-20(28)23(18)24(19)27-25;/h3-13,28H,1-2H3,(H,26,27)(H,29,30,31);1H. The van der Waals surface area contributed by atoms with Gasteiger partial charge in [0.1, 0.15) is 33.5 Å². The molecule has 1 aromatic heterocycles. The maximum atomic E-state index is 12.0. The Labute approximate surface area is 207 Å². The first-order valence-electron chi connectivity index (χ1n) is 10.2. The maximum Gasteiger partial charge on any atom is 0.295 e. The molecule has 8 nitrogen and oxygen atoms in total. The number of aromatic hydroxyl groups is 1. The second-order valence-corrected chi connectivity index (χ2v) is 9.07. The van der Waals surface area contributed by atoms with Gasteiger partial charge in [-0.25, -0.2) is 4.98 Å². The monoisotopic (exact) mass is 512 g/mol. The average Bonchev–Trinajstić information content (AvgIpc) is 3.26. The van der Waals surface area contributed by atoms with E-state index < -0.39 is 10.1 Å². The van der Waals surface area contributed by atoms with E-state index in [9.17, 15) is 18.1 Å². The van der Waals surface area contributed by atoms with Crippen molar-refractivity contribution in [3.05, 3.63) is 66.7 Å². The smallest absolute Gasteiger partial charge is 0.295 e. The van der Waals surface area contributed by atoms with E-state index in [-0.39, 0.29) is 33.8 Å². The number of phenolic OH excluding ortho intramolecular Hbond substituents is 1. The largest absolute Gasteiger partial charge is 0.507 e. The van der Waals surface area contributed by atoms with Crippen molar-refractivity contribution in [3.63, 3.8) is 0 Å². The summed E-state index contributed by atoms with van der Waals surface area (Å²) in [6.45, 7) is 0. The molecule has 3 N–H and O–H groups in total. The number of nitrogens with one attached hydrogen (secondary N) is 1. The fraction of sp³-hybridized carbons (Fsp3) is 0.0800.